The number of halogens is 3. The zero-order valence-corrected chi connectivity index (χ0v) is 11.0. The second-order valence-corrected chi connectivity index (χ2v) is 5.19. The fraction of sp³-hybridized carbons (Fsp3) is 0.455. The van der Waals surface area contributed by atoms with Crippen LogP contribution in [0.25, 0.3) is 0 Å². The van der Waals surface area contributed by atoms with Gasteiger partial charge in [-0.1, -0.05) is 48.7 Å². The number of nitrogens with two attached hydrogens (primary N) is 1. The molecule has 1 rings (SSSR count). The van der Waals surface area contributed by atoms with Gasteiger partial charge in [-0.3, -0.25) is 0 Å². The fourth-order valence-electron chi connectivity index (χ4n) is 1.51. The summed E-state index contributed by atoms with van der Waals surface area (Å²) in [6, 6.07) is 3.24. The van der Waals surface area contributed by atoms with Gasteiger partial charge in [0.1, 0.15) is 0 Å². The van der Waals surface area contributed by atoms with Crippen molar-refractivity contribution in [1.29, 1.82) is 0 Å². The van der Waals surface area contributed by atoms with Crippen molar-refractivity contribution in [2.45, 2.75) is 26.3 Å². The number of rotatable bonds is 3. The fourth-order valence-corrected chi connectivity index (χ4v) is 2.32. The highest BCUT2D eigenvalue weighted by Gasteiger charge is 2.17. The largest absolute Gasteiger partial charge is 0.324 e. The topological polar surface area (TPSA) is 26.0 Å². The molecule has 0 bridgehead atoms. The Morgan fingerprint density at radius 2 is 1.67 bits per heavy atom. The van der Waals surface area contributed by atoms with E-state index in [1.54, 1.807) is 12.1 Å². The van der Waals surface area contributed by atoms with Gasteiger partial charge < -0.3 is 5.73 Å². The lowest BCUT2D eigenvalue weighted by molar-refractivity contribution is 0.510. The molecule has 1 aromatic rings. The van der Waals surface area contributed by atoms with Gasteiger partial charge in [-0.05, 0) is 24.5 Å². The number of hydrogen-bond donors (Lipinski definition) is 1. The highest BCUT2D eigenvalue weighted by molar-refractivity contribution is 6.44. The Kier molecular flexibility index (Phi) is 4.72. The summed E-state index contributed by atoms with van der Waals surface area (Å²) in [5.41, 5.74) is 6.79. The first-order valence-electron chi connectivity index (χ1n) is 4.82. The van der Waals surface area contributed by atoms with Gasteiger partial charge in [0.2, 0.25) is 0 Å². The smallest absolute Gasteiger partial charge is 0.0654 e. The average molecular weight is 267 g/mol. The molecule has 0 heterocycles. The minimum absolute atomic E-state index is 0.163. The second kappa shape index (κ2) is 5.40. The van der Waals surface area contributed by atoms with Crippen LogP contribution in [0.3, 0.4) is 0 Å². The zero-order valence-electron chi connectivity index (χ0n) is 8.73. The maximum absolute atomic E-state index is 6.08. The van der Waals surface area contributed by atoms with Crippen LogP contribution in [0.15, 0.2) is 12.1 Å². The van der Waals surface area contributed by atoms with E-state index in [0.29, 0.717) is 21.0 Å². The molecule has 15 heavy (non-hydrogen) atoms. The summed E-state index contributed by atoms with van der Waals surface area (Å²) < 4.78 is 0. The van der Waals surface area contributed by atoms with Gasteiger partial charge in [-0.15, -0.1) is 0 Å². The van der Waals surface area contributed by atoms with Crippen LogP contribution in [-0.4, -0.2) is 0 Å². The SMILES string of the molecule is CC(C)C[C@@H](N)c1c(Cl)ccc(Cl)c1Cl. The molecule has 0 saturated carbocycles. The third kappa shape index (κ3) is 3.25. The van der Waals surface area contributed by atoms with Crippen LogP contribution >= 0.6 is 34.8 Å². The van der Waals surface area contributed by atoms with Crippen molar-refractivity contribution in [1.82, 2.24) is 0 Å². The first-order chi connectivity index (χ1) is 6.93. The molecule has 0 aliphatic heterocycles. The first kappa shape index (κ1) is 13.1. The molecule has 0 aromatic heterocycles. The normalized spacial score (nSPS) is 13.3. The molecule has 0 spiro atoms. The Hall–Kier alpha value is 0.0500. The van der Waals surface area contributed by atoms with E-state index in [-0.39, 0.29) is 6.04 Å². The van der Waals surface area contributed by atoms with Crippen LogP contribution in [0, 0.1) is 5.92 Å². The van der Waals surface area contributed by atoms with E-state index in [1.165, 1.54) is 0 Å². The van der Waals surface area contributed by atoms with Crippen LogP contribution in [0.5, 0.6) is 0 Å². The molecule has 1 atom stereocenters. The Morgan fingerprint density at radius 1 is 1.13 bits per heavy atom. The minimum atomic E-state index is -0.163. The molecule has 4 heteroatoms. The molecule has 0 unspecified atom stereocenters. The lowest BCUT2D eigenvalue weighted by Gasteiger charge is -2.17. The molecule has 0 saturated heterocycles. The van der Waals surface area contributed by atoms with Gasteiger partial charge in [-0.25, -0.2) is 0 Å². The van der Waals surface area contributed by atoms with E-state index in [4.69, 9.17) is 40.5 Å². The molecule has 0 aliphatic carbocycles. The van der Waals surface area contributed by atoms with Gasteiger partial charge in [0.15, 0.2) is 0 Å². The summed E-state index contributed by atoms with van der Waals surface area (Å²) in [6.45, 7) is 4.21. The van der Waals surface area contributed by atoms with Crippen LogP contribution in [-0.2, 0) is 0 Å². The maximum Gasteiger partial charge on any atom is 0.0654 e. The number of benzene rings is 1. The molecule has 0 fully saturated rings. The van der Waals surface area contributed by atoms with E-state index in [2.05, 4.69) is 13.8 Å². The molecule has 0 radical (unpaired) electrons. The van der Waals surface area contributed by atoms with Crippen molar-refractivity contribution >= 4 is 34.8 Å². The van der Waals surface area contributed by atoms with Gasteiger partial charge >= 0.3 is 0 Å². The average Bonchev–Trinajstić information content (AvgIpc) is 2.11. The van der Waals surface area contributed by atoms with Crippen LogP contribution < -0.4 is 5.73 Å². The zero-order chi connectivity index (χ0) is 11.6. The van der Waals surface area contributed by atoms with Crippen LogP contribution in [0.1, 0.15) is 31.9 Å². The van der Waals surface area contributed by atoms with Crippen LogP contribution in [0.2, 0.25) is 15.1 Å². The molecular formula is C11H14Cl3N. The van der Waals surface area contributed by atoms with Crippen molar-refractivity contribution in [3.8, 4) is 0 Å². The lowest BCUT2D eigenvalue weighted by Crippen LogP contribution is -2.14. The van der Waals surface area contributed by atoms with E-state index in [0.717, 1.165) is 12.0 Å². The highest BCUT2D eigenvalue weighted by atomic mass is 35.5. The predicted molar refractivity (Wildman–Crippen MR) is 67.9 cm³/mol. The highest BCUT2D eigenvalue weighted by Crippen LogP contribution is 2.36. The second-order valence-electron chi connectivity index (χ2n) is 3.99. The third-order valence-electron chi connectivity index (χ3n) is 2.18. The van der Waals surface area contributed by atoms with Crippen molar-refractivity contribution < 1.29 is 0 Å². The van der Waals surface area contributed by atoms with Crippen molar-refractivity contribution in [2.75, 3.05) is 0 Å². The van der Waals surface area contributed by atoms with Gasteiger partial charge in [0.05, 0.1) is 10.0 Å². The van der Waals surface area contributed by atoms with Gasteiger partial charge in [0.25, 0.3) is 0 Å². The van der Waals surface area contributed by atoms with Crippen LogP contribution in [0.4, 0.5) is 0 Å². The molecule has 2 N–H and O–H groups in total. The summed E-state index contributed by atoms with van der Waals surface area (Å²) in [7, 11) is 0. The van der Waals surface area contributed by atoms with Crippen molar-refractivity contribution in [3.63, 3.8) is 0 Å². The van der Waals surface area contributed by atoms with Gasteiger partial charge in [0, 0.05) is 16.6 Å². The molecule has 0 amide bonds. The molecular weight excluding hydrogens is 252 g/mol. The summed E-state index contributed by atoms with van der Waals surface area (Å²) in [5, 5.41) is 1.55. The monoisotopic (exact) mass is 265 g/mol. The van der Waals surface area contributed by atoms with E-state index < -0.39 is 0 Å². The van der Waals surface area contributed by atoms with Gasteiger partial charge in [-0.2, -0.15) is 0 Å². The first-order valence-corrected chi connectivity index (χ1v) is 5.95. The Bertz CT molecular complexity index is 350. The minimum Gasteiger partial charge on any atom is -0.324 e. The maximum atomic E-state index is 6.08. The Balaban J connectivity index is 3.07. The third-order valence-corrected chi connectivity index (χ3v) is 3.32. The van der Waals surface area contributed by atoms with Crippen molar-refractivity contribution in [3.05, 3.63) is 32.8 Å². The molecule has 0 aliphatic rings. The van der Waals surface area contributed by atoms with Crippen molar-refractivity contribution in [2.24, 2.45) is 11.7 Å². The standard InChI is InChI=1S/C11H14Cl3N/c1-6(2)5-9(15)10-7(12)3-4-8(13)11(10)14/h3-4,6,9H,5,15H2,1-2H3/t9-/m1/s1. The Labute approximate surface area is 106 Å². The van der Waals surface area contributed by atoms with E-state index in [1.807, 2.05) is 0 Å². The van der Waals surface area contributed by atoms with E-state index in [9.17, 15) is 0 Å². The molecule has 84 valence electrons. The molecule has 1 nitrogen and oxygen atoms in total. The van der Waals surface area contributed by atoms with E-state index >= 15 is 0 Å². The summed E-state index contributed by atoms with van der Waals surface area (Å²) in [5.74, 6) is 0.492. The number of hydrogen-bond acceptors (Lipinski definition) is 1. The molecule has 1 aromatic carbocycles. The lowest BCUT2D eigenvalue weighted by atomic mass is 9.98. The predicted octanol–water partition coefficient (Wildman–Crippen LogP) is 4.69. The summed E-state index contributed by atoms with van der Waals surface area (Å²) in [4.78, 5) is 0. The Morgan fingerprint density at radius 3 is 2.20 bits per heavy atom. The summed E-state index contributed by atoms with van der Waals surface area (Å²) >= 11 is 18.1. The summed E-state index contributed by atoms with van der Waals surface area (Å²) in [6.07, 6.45) is 0.833. The quantitative estimate of drug-likeness (QED) is 0.789.